The van der Waals surface area contributed by atoms with Crippen LogP contribution in [-0.2, 0) is 16.1 Å². The van der Waals surface area contributed by atoms with Gasteiger partial charge in [0, 0.05) is 25.7 Å². The first-order chi connectivity index (χ1) is 10.9. The van der Waals surface area contributed by atoms with Gasteiger partial charge in [-0.25, -0.2) is 9.18 Å². The van der Waals surface area contributed by atoms with Crippen molar-refractivity contribution in [2.75, 3.05) is 33.3 Å². The van der Waals surface area contributed by atoms with Gasteiger partial charge in [0.25, 0.3) is 5.91 Å². The van der Waals surface area contributed by atoms with Gasteiger partial charge in [0.1, 0.15) is 18.9 Å². The number of aliphatic hydroxyl groups excluding tert-OH is 1. The molecule has 1 aromatic rings. The van der Waals surface area contributed by atoms with Crippen LogP contribution < -0.4 is 0 Å². The molecule has 0 saturated carbocycles. The summed E-state index contributed by atoms with van der Waals surface area (Å²) >= 11 is 0. The second kappa shape index (κ2) is 7.19. The molecule has 4 amide bonds. The number of halogens is 1. The average molecular weight is 323 g/mol. The lowest BCUT2D eigenvalue weighted by atomic mass is 10.2. The maximum absolute atomic E-state index is 13.7. The van der Waals surface area contributed by atoms with E-state index in [2.05, 4.69) is 0 Å². The molecule has 0 atom stereocenters. The zero-order valence-corrected chi connectivity index (χ0v) is 12.7. The number of urea groups is 1. The lowest BCUT2D eigenvalue weighted by Crippen LogP contribution is -2.44. The highest BCUT2D eigenvalue weighted by Crippen LogP contribution is 2.12. The second-order valence-corrected chi connectivity index (χ2v) is 5.25. The lowest BCUT2D eigenvalue weighted by molar-refractivity contribution is -0.137. The highest BCUT2D eigenvalue weighted by atomic mass is 19.1. The van der Waals surface area contributed by atoms with Crippen molar-refractivity contribution in [2.45, 2.75) is 6.54 Å². The predicted octanol–water partition coefficient (Wildman–Crippen LogP) is 0.0406. The molecule has 23 heavy (non-hydrogen) atoms. The molecule has 0 unspecified atom stereocenters. The van der Waals surface area contributed by atoms with E-state index in [9.17, 15) is 18.8 Å². The molecule has 0 radical (unpaired) electrons. The fraction of sp³-hybridized carbons (Fsp3) is 0.400. The van der Waals surface area contributed by atoms with Crippen molar-refractivity contribution in [1.82, 2.24) is 14.7 Å². The van der Waals surface area contributed by atoms with Crippen molar-refractivity contribution >= 4 is 17.8 Å². The largest absolute Gasteiger partial charge is 0.395 e. The molecule has 2 rings (SSSR count). The summed E-state index contributed by atoms with van der Waals surface area (Å²) in [5, 5.41) is 9.10. The smallest absolute Gasteiger partial charge is 0.327 e. The van der Waals surface area contributed by atoms with Gasteiger partial charge < -0.3 is 14.9 Å². The molecule has 1 fully saturated rings. The molecule has 1 aromatic carbocycles. The van der Waals surface area contributed by atoms with Gasteiger partial charge >= 0.3 is 6.03 Å². The summed E-state index contributed by atoms with van der Waals surface area (Å²) < 4.78 is 13.7. The van der Waals surface area contributed by atoms with Gasteiger partial charge in [-0.1, -0.05) is 18.2 Å². The lowest BCUT2D eigenvalue weighted by Gasteiger charge is -2.24. The number of likely N-dealkylation sites (N-methyl/N-ethyl adjacent to an activating group) is 1. The van der Waals surface area contributed by atoms with Crippen LogP contribution in [0.1, 0.15) is 5.56 Å². The quantitative estimate of drug-likeness (QED) is 0.750. The van der Waals surface area contributed by atoms with E-state index in [-0.39, 0.29) is 26.2 Å². The molecule has 1 N–H and O–H groups in total. The number of imide groups is 1. The molecular formula is C15H18FN3O4. The number of hydrogen-bond donors (Lipinski definition) is 1. The Morgan fingerprint density at radius 1 is 1.35 bits per heavy atom. The van der Waals surface area contributed by atoms with Crippen LogP contribution in [0, 0.1) is 5.82 Å². The van der Waals surface area contributed by atoms with Crippen LogP contribution >= 0.6 is 0 Å². The number of aliphatic hydroxyl groups is 1. The normalized spacial score (nSPS) is 14.6. The van der Waals surface area contributed by atoms with E-state index in [1.807, 2.05) is 0 Å². The molecule has 0 aromatic heterocycles. The van der Waals surface area contributed by atoms with Crippen molar-refractivity contribution in [1.29, 1.82) is 0 Å². The van der Waals surface area contributed by atoms with Crippen molar-refractivity contribution in [3.8, 4) is 0 Å². The van der Waals surface area contributed by atoms with E-state index in [4.69, 9.17) is 5.11 Å². The third-order valence-corrected chi connectivity index (χ3v) is 3.57. The maximum atomic E-state index is 13.7. The molecule has 1 heterocycles. The SMILES string of the molecule is CN1CC(=O)N(CC(=O)N(CCO)Cc2ccccc2F)C1=O. The first-order valence-corrected chi connectivity index (χ1v) is 7.11. The maximum Gasteiger partial charge on any atom is 0.327 e. The molecule has 7 nitrogen and oxygen atoms in total. The van der Waals surface area contributed by atoms with E-state index in [0.717, 1.165) is 4.90 Å². The summed E-state index contributed by atoms with van der Waals surface area (Å²) in [6.07, 6.45) is 0. The predicted molar refractivity (Wildman–Crippen MR) is 78.6 cm³/mol. The fourth-order valence-electron chi connectivity index (χ4n) is 2.30. The molecule has 124 valence electrons. The number of rotatable bonds is 6. The monoisotopic (exact) mass is 323 g/mol. The third kappa shape index (κ3) is 3.84. The highest BCUT2D eigenvalue weighted by molar-refractivity contribution is 6.04. The van der Waals surface area contributed by atoms with E-state index < -0.39 is 30.2 Å². The van der Waals surface area contributed by atoms with Crippen LogP contribution in [0.3, 0.4) is 0 Å². The number of nitrogens with zero attached hydrogens (tertiary/aromatic N) is 3. The number of hydrogen-bond acceptors (Lipinski definition) is 4. The molecule has 1 aliphatic heterocycles. The zero-order valence-electron chi connectivity index (χ0n) is 12.7. The van der Waals surface area contributed by atoms with E-state index >= 15 is 0 Å². The molecular weight excluding hydrogens is 305 g/mol. The summed E-state index contributed by atoms with van der Waals surface area (Å²) in [5.74, 6) is -1.45. The van der Waals surface area contributed by atoms with Crippen LogP contribution in [0.25, 0.3) is 0 Å². The van der Waals surface area contributed by atoms with Crippen LogP contribution in [0.15, 0.2) is 24.3 Å². The first kappa shape index (κ1) is 16.9. The second-order valence-electron chi connectivity index (χ2n) is 5.25. The topological polar surface area (TPSA) is 81.2 Å². The van der Waals surface area contributed by atoms with Crippen LogP contribution in [-0.4, -0.2) is 70.9 Å². The van der Waals surface area contributed by atoms with Crippen LogP contribution in [0.5, 0.6) is 0 Å². The van der Waals surface area contributed by atoms with Crippen molar-refractivity contribution in [3.63, 3.8) is 0 Å². The Hall–Kier alpha value is -2.48. The van der Waals surface area contributed by atoms with Crippen LogP contribution in [0.2, 0.25) is 0 Å². The molecule has 1 aliphatic rings. The zero-order chi connectivity index (χ0) is 17.0. The number of benzene rings is 1. The first-order valence-electron chi connectivity index (χ1n) is 7.11. The fourth-order valence-corrected chi connectivity index (χ4v) is 2.30. The average Bonchev–Trinajstić information content (AvgIpc) is 2.75. The van der Waals surface area contributed by atoms with Crippen LogP contribution in [0.4, 0.5) is 9.18 Å². The minimum absolute atomic E-state index is 0.0147. The van der Waals surface area contributed by atoms with E-state index in [1.165, 1.54) is 35.0 Å². The Kier molecular flexibility index (Phi) is 5.28. The van der Waals surface area contributed by atoms with Gasteiger partial charge in [0.05, 0.1) is 6.61 Å². The van der Waals surface area contributed by atoms with Crippen molar-refractivity contribution < 1.29 is 23.9 Å². The van der Waals surface area contributed by atoms with Crippen molar-refractivity contribution in [2.24, 2.45) is 0 Å². The highest BCUT2D eigenvalue weighted by Gasteiger charge is 2.35. The standard InChI is InChI=1S/C15H18FN3O4/c1-17-9-14(22)19(15(17)23)10-13(21)18(6-7-20)8-11-4-2-3-5-12(11)16/h2-5,20H,6-10H2,1H3. The summed E-state index contributed by atoms with van der Waals surface area (Å²) in [7, 11) is 1.47. The molecule has 0 spiro atoms. The van der Waals surface area contributed by atoms with Gasteiger partial charge in [0.2, 0.25) is 5.91 Å². The van der Waals surface area contributed by atoms with Gasteiger partial charge in [-0.15, -0.1) is 0 Å². The Balaban J connectivity index is 2.08. The van der Waals surface area contributed by atoms with Gasteiger partial charge in [-0.3, -0.25) is 14.5 Å². The number of amides is 4. The van der Waals surface area contributed by atoms with E-state index in [1.54, 1.807) is 6.07 Å². The Morgan fingerprint density at radius 3 is 2.61 bits per heavy atom. The summed E-state index contributed by atoms with van der Waals surface area (Å²) in [6.45, 7) is -0.852. The molecule has 1 saturated heterocycles. The Labute approximate surface area is 132 Å². The van der Waals surface area contributed by atoms with Gasteiger partial charge in [-0.05, 0) is 6.07 Å². The van der Waals surface area contributed by atoms with Crippen molar-refractivity contribution in [3.05, 3.63) is 35.6 Å². The summed E-state index contributed by atoms with van der Waals surface area (Å²) in [5.41, 5.74) is 0.297. The molecule has 0 aliphatic carbocycles. The van der Waals surface area contributed by atoms with Gasteiger partial charge in [0.15, 0.2) is 0 Å². The van der Waals surface area contributed by atoms with E-state index in [0.29, 0.717) is 5.56 Å². The number of carbonyl (C=O) groups is 3. The number of carbonyl (C=O) groups excluding carboxylic acids is 3. The Morgan fingerprint density at radius 2 is 2.04 bits per heavy atom. The summed E-state index contributed by atoms with van der Waals surface area (Å²) in [4.78, 5) is 39.1. The van der Waals surface area contributed by atoms with Gasteiger partial charge in [-0.2, -0.15) is 0 Å². The third-order valence-electron chi connectivity index (χ3n) is 3.57. The molecule has 0 bridgehead atoms. The minimum atomic E-state index is -0.543. The molecule has 8 heteroatoms. The minimum Gasteiger partial charge on any atom is -0.395 e. The summed E-state index contributed by atoms with van der Waals surface area (Å²) in [6, 6.07) is 5.45. The Bertz CT molecular complexity index is 622.